The first-order chi connectivity index (χ1) is 9.92. The van der Waals surface area contributed by atoms with E-state index >= 15 is 0 Å². The minimum absolute atomic E-state index is 0.712. The van der Waals surface area contributed by atoms with E-state index in [2.05, 4.69) is 59.0 Å². The van der Waals surface area contributed by atoms with E-state index in [-0.39, 0.29) is 0 Å². The van der Waals surface area contributed by atoms with Crippen LogP contribution < -0.4 is 5.32 Å². The molecule has 0 unspecified atom stereocenters. The molecule has 20 heavy (non-hydrogen) atoms. The maximum atomic E-state index is 5.00. The van der Waals surface area contributed by atoms with Crippen molar-refractivity contribution < 1.29 is 4.52 Å². The molecule has 0 spiro atoms. The van der Waals surface area contributed by atoms with E-state index in [1.165, 1.54) is 16.7 Å². The Labute approximate surface area is 118 Å². The first-order valence-electron chi connectivity index (χ1n) is 6.71. The van der Waals surface area contributed by atoms with Crippen molar-refractivity contribution >= 4 is 5.88 Å². The topological polar surface area (TPSA) is 38.1 Å². The van der Waals surface area contributed by atoms with Crippen LogP contribution in [0, 0.1) is 0 Å². The Hall–Kier alpha value is -2.55. The monoisotopic (exact) mass is 264 g/mol. The third kappa shape index (κ3) is 3.06. The van der Waals surface area contributed by atoms with Gasteiger partial charge in [0, 0.05) is 12.6 Å². The van der Waals surface area contributed by atoms with Gasteiger partial charge in [0.2, 0.25) is 5.88 Å². The van der Waals surface area contributed by atoms with Crippen LogP contribution in [0.5, 0.6) is 0 Å². The standard InChI is InChI=1S/C17H16N2O/c1-2-6-15(7-3-1)16-8-4-5-14(13-16)9-11-18-17-10-12-19-20-17/h1-8,10,12-13,18H,9,11H2. The normalized spacial score (nSPS) is 10.4. The molecule has 0 amide bonds. The lowest BCUT2D eigenvalue weighted by molar-refractivity contribution is 0.432. The van der Waals surface area contributed by atoms with E-state index < -0.39 is 0 Å². The van der Waals surface area contributed by atoms with Crippen LogP contribution in [0.3, 0.4) is 0 Å². The van der Waals surface area contributed by atoms with Gasteiger partial charge < -0.3 is 9.84 Å². The average molecular weight is 264 g/mol. The van der Waals surface area contributed by atoms with Crippen LogP contribution in [-0.2, 0) is 6.42 Å². The number of nitrogens with one attached hydrogen (secondary N) is 1. The van der Waals surface area contributed by atoms with E-state index in [9.17, 15) is 0 Å². The molecule has 0 fully saturated rings. The highest BCUT2D eigenvalue weighted by atomic mass is 16.5. The van der Waals surface area contributed by atoms with Crippen LogP contribution in [-0.4, -0.2) is 11.7 Å². The Kier molecular flexibility index (Phi) is 3.78. The van der Waals surface area contributed by atoms with Gasteiger partial charge in [0.05, 0.1) is 6.20 Å². The molecular formula is C17H16N2O. The number of benzene rings is 2. The van der Waals surface area contributed by atoms with Crippen molar-refractivity contribution in [1.29, 1.82) is 0 Å². The SMILES string of the molecule is c1ccc(-c2cccc(CCNc3ccno3)c2)cc1. The van der Waals surface area contributed by atoms with E-state index in [1.807, 2.05) is 12.1 Å². The van der Waals surface area contributed by atoms with Crippen molar-refractivity contribution in [2.75, 3.05) is 11.9 Å². The largest absolute Gasteiger partial charge is 0.354 e. The second-order valence-electron chi connectivity index (χ2n) is 4.62. The molecule has 3 nitrogen and oxygen atoms in total. The maximum absolute atomic E-state index is 5.00. The van der Waals surface area contributed by atoms with E-state index in [1.54, 1.807) is 6.20 Å². The summed E-state index contributed by atoms with van der Waals surface area (Å²) in [6.45, 7) is 0.827. The zero-order chi connectivity index (χ0) is 13.6. The summed E-state index contributed by atoms with van der Waals surface area (Å²) < 4.78 is 5.00. The van der Waals surface area contributed by atoms with Crippen molar-refractivity contribution in [1.82, 2.24) is 5.16 Å². The zero-order valence-electron chi connectivity index (χ0n) is 11.1. The molecular weight excluding hydrogens is 248 g/mol. The molecule has 3 heteroatoms. The molecule has 0 atom stereocenters. The average Bonchev–Trinajstić information content (AvgIpc) is 3.02. The molecule has 0 aliphatic heterocycles. The Balaban J connectivity index is 1.66. The van der Waals surface area contributed by atoms with Crippen molar-refractivity contribution in [3.05, 3.63) is 72.4 Å². The molecule has 0 bridgehead atoms. The van der Waals surface area contributed by atoms with Gasteiger partial charge in [0.1, 0.15) is 0 Å². The van der Waals surface area contributed by atoms with Crippen molar-refractivity contribution in [2.24, 2.45) is 0 Å². The molecule has 0 aliphatic rings. The van der Waals surface area contributed by atoms with Gasteiger partial charge in [-0.15, -0.1) is 0 Å². The third-order valence-corrected chi connectivity index (χ3v) is 3.18. The number of rotatable bonds is 5. The molecule has 0 radical (unpaired) electrons. The highest BCUT2D eigenvalue weighted by Gasteiger charge is 2.00. The minimum Gasteiger partial charge on any atom is -0.354 e. The number of anilines is 1. The predicted molar refractivity (Wildman–Crippen MR) is 80.6 cm³/mol. The van der Waals surface area contributed by atoms with Gasteiger partial charge in [-0.05, 0) is 23.1 Å². The van der Waals surface area contributed by atoms with E-state index in [0.717, 1.165) is 13.0 Å². The van der Waals surface area contributed by atoms with Crippen LogP contribution in [0.2, 0.25) is 0 Å². The fraction of sp³-hybridized carbons (Fsp3) is 0.118. The Morgan fingerprint density at radius 1 is 0.900 bits per heavy atom. The minimum atomic E-state index is 0.712. The Bertz CT molecular complexity index is 648. The number of hydrogen-bond acceptors (Lipinski definition) is 3. The second kappa shape index (κ2) is 6.06. The van der Waals surface area contributed by atoms with Gasteiger partial charge in [-0.25, -0.2) is 0 Å². The molecule has 1 aromatic heterocycles. The van der Waals surface area contributed by atoms with Gasteiger partial charge >= 0.3 is 0 Å². The summed E-state index contributed by atoms with van der Waals surface area (Å²) in [5.41, 5.74) is 3.80. The molecule has 1 N–H and O–H groups in total. The third-order valence-electron chi connectivity index (χ3n) is 3.18. The van der Waals surface area contributed by atoms with Crippen LogP contribution in [0.1, 0.15) is 5.56 Å². The molecule has 0 aliphatic carbocycles. The van der Waals surface area contributed by atoms with Gasteiger partial charge in [0.15, 0.2) is 0 Å². The van der Waals surface area contributed by atoms with Gasteiger partial charge in [0.25, 0.3) is 0 Å². The van der Waals surface area contributed by atoms with Crippen molar-refractivity contribution in [2.45, 2.75) is 6.42 Å². The summed E-state index contributed by atoms with van der Waals surface area (Å²) in [6.07, 6.45) is 2.58. The van der Waals surface area contributed by atoms with E-state index in [4.69, 9.17) is 4.52 Å². The molecule has 0 saturated carbocycles. The lowest BCUT2D eigenvalue weighted by Crippen LogP contribution is -2.03. The fourth-order valence-corrected chi connectivity index (χ4v) is 2.17. The van der Waals surface area contributed by atoms with Crippen molar-refractivity contribution in [3.63, 3.8) is 0 Å². The highest BCUT2D eigenvalue weighted by Crippen LogP contribution is 2.20. The number of nitrogens with zero attached hydrogens (tertiary/aromatic N) is 1. The predicted octanol–water partition coefficient (Wildman–Crippen LogP) is 4.00. The second-order valence-corrected chi connectivity index (χ2v) is 4.62. The van der Waals surface area contributed by atoms with Crippen LogP contribution >= 0.6 is 0 Å². The number of aromatic nitrogens is 1. The smallest absolute Gasteiger partial charge is 0.224 e. The Morgan fingerprint density at radius 3 is 2.55 bits per heavy atom. The fourth-order valence-electron chi connectivity index (χ4n) is 2.17. The summed E-state index contributed by atoms with van der Waals surface area (Å²) in [6, 6.07) is 20.9. The summed E-state index contributed by atoms with van der Waals surface area (Å²) in [7, 11) is 0. The zero-order valence-corrected chi connectivity index (χ0v) is 11.1. The molecule has 2 aromatic carbocycles. The molecule has 1 heterocycles. The number of hydrogen-bond donors (Lipinski definition) is 1. The molecule has 100 valence electrons. The van der Waals surface area contributed by atoms with Crippen LogP contribution in [0.25, 0.3) is 11.1 Å². The summed E-state index contributed by atoms with van der Waals surface area (Å²) in [5.74, 6) is 0.712. The van der Waals surface area contributed by atoms with Crippen LogP contribution in [0.15, 0.2) is 71.4 Å². The maximum Gasteiger partial charge on any atom is 0.224 e. The first-order valence-corrected chi connectivity index (χ1v) is 6.71. The summed E-state index contributed by atoms with van der Waals surface area (Å²) in [4.78, 5) is 0. The summed E-state index contributed by atoms with van der Waals surface area (Å²) >= 11 is 0. The Morgan fingerprint density at radius 2 is 1.75 bits per heavy atom. The molecule has 3 aromatic rings. The molecule has 0 saturated heterocycles. The van der Waals surface area contributed by atoms with Crippen molar-refractivity contribution in [3.8, 4) is 11.1 Å². The molecule has 3 rings (SSSR count). The highest BCUT2D eigenvalue weighted by molar-refractivity contribution is 5.63. The van der Waals surface area contributed by atoms with Crippen LogP contribution in [0.4, 0.5) is 5.88 Å². The first kappa shape index (κ1) is 12.5. The van der Waals surface area contributed by atoms with E-state index in [0.29, 0.717) is 5.88 Å². The van der Waals surface area contributed by atoms with Gasteiger partial charge in [-0.1, -0.05) is 59.8 Å². The summed E-state index contributed by atoms with van der Waals surface area (Å²) in [5, 5.41) is 6.87. The van der Waals surface area contributed by atoms with Gasteiger partial charge in [-0.2, -0.15) is 0 Å². The van der Waals surface area contributed by atoms with Gasteiger partial charge in [-0.3, -0.25) is 0 Å². The lowest BCUT2D eigenvalue weighted by atomic mass is 10.0. The lowest BCUT2D eigenvalue weighted by Gasteiger charge is -2.06. The quantitative estimate of drug-likeness (QED) is 0.757.